The molecule has 1 aliphatic heterocycles. The molecule has 25 heavy (non-hydrogen) atoms. The Bertz CT molecular complexity index is 650. The second kappa shape index (κ2) is 10.5. The predicted molar refractivity (Wildman–Crippen MR) is 103 cm³/mol. The van der Waals surface area contributed by atoms with Crippen molar-refractivity contribution in [1.29, 1.82) is 0 Å². The van der Waals surface area contributed by atoms with Crippen molar-refractivity contribution in [2.45, 2.75) is 58.2 Å². The van der Waals surface area contributed by atoms with Crippen molar-refractivity contribution in [2.75, 3.05) is 6.54 Å². The number of halogens is 1. The minimum atomic E-state index is 0.407. The Hall–Kier alpha value is -1.49. The molecule has 5 heteroatoms. The SMILES string of the molecule is Cc1cc(CCl)ccn1.Cc1cc(COC2CCNC(C)C2)ccn1. The van der Waals surface area contributed by atoms with Crippen LogP contribution in [0.15, 0.2) is 36.7 Å². The molecule has 0 aromatic carbocycles. The van der Waals surface area contributed by atoms with E-state index >= 15 is 0 Å². The monoisotopic (exact) mass is 361 g/mol. The molecule has 136 valence electrons. The van der Waals surface area contributed by atoms with Crippen molar-refractivity contribution >= 4 is 11.6 Å². The second-order valence-corrected chi connectivity index (χ2v) is 6.82. The standard InChI is InChI=1S/C13H20N2O.C7H8ClN/c1-10-7-12(3-5-14-10)9-16-13-4-6-15-11(2)8-13;1-6-4-7(5-8)2-3-9-6/h3,5,7,11,13,15H,4,6,8-9H2,1-2H3;2-4H,5H2,1H3. The average Bonchev–Trinajstić information content (AvgIpc) is 2.61. The summed E-state index contributed by atoms with van der Waals surface area (Å²) in [5.74, 6) is 0.573. The molecule has 1 aliphatic rings. The van der Waals surface area contributed by atoms with E-state index in [1.165, 1.54) is 5.56 Å². The quantitative estimate of drug-likeness (QED) is 0.830. The molecule has 3 rings (SSSR count). The van der Waals surface area contributed by atoms with Crippen LogP contribution in [-0.4, -0.2) is 28.7 Å². The van der Waals surface area contributed by atoms with E-state index in [0.717, 1.165) is 36.3 Å². The largest absolute Gasteiger partial charge is 0.373 e. The zero-order valence-electron chi connectivity index (χ0n) is 15.3. The van der Waals surface area contributed by atoms with Crippen LogP contribution < -0.4 is 5.32 Å². The summed E-state index contributed by atoms with van der Waals surface area (Å²) in [4.78, 5) is 8.21. The Balaban J connectivity index is 0.000000212. The molecule has 1 fully saturated rings. The molecule has 0 saturated carbocycles. The number of hydrogen-bond acceptors (Lipinski definition) is 4. The van der Waals surface area contributed by atoms with E-state index < -0.39 is 0 Å². The van der Waals surface area contributed by atoms with Crippen molar-refractivity contribution in [2.24, 2.45) is 0 Å². The number of rotatable bonds is 4. The van der Waals surface area contributed by atoms with Gasteiger partial charge in [-0.3, -0.25) is 9.97 Å². The molecule has 0 bridgehead atoms. The van der Waals surface area contributed by atoms with Gasteiger partial charge in [0.1, 0.15) is 0 Å². The van der Waals surface area contributed by atoms with Gasteiger partial charge in [0.15, 0.2) is 0 Å². The van der Waals surface area contributed by atoms with Crippen molar-refractivity contribution in [1.82, 2.24) is 15.3 Å². The molecule has 0 amide bonds. The number of alkyl halides is 1. The van der Waals surface area contributed by atoms with Gasteiger partial charge in [0.25, 0.3) is 0 Å². The second-order valence-electron chi connectivity index (χ2n) is 6.56. The summed E-state index contributed by atoms with van der Waals surface area (Å²) in [5.41, 5.74) is 4.43. The number of piperidine rings is 1. The minimum absolute atomic E-state index is 0.407. The van der Waals surface area contributed by atoms with E-state index in [1.807, 2.05) is 38.2 Å². The van der Waals surface area contributed by atoms with Gasteiger partial charge < -0.3 is 10.1 Å². The fourth-order valence-corrected chi connectivity index (χ4v) is 3.00. The van der Waals surface area contributed by atoms with Crippen molar-refractivity contribution in [3.05, 3.63) is 59.2 Å². The van der Waals surface area contributed by atoms with Crippen molar-refractivity contribution < 1.29 is 4.74 Å². The van der Waals surface area contributed by atoms with E-state index in [1.54, 1.807) is 6.20 Å². The van der Waals surface area contributed by atoms with Crippen LogP contribution in [0.25, 0.3) is 0 Å². The number of aromatic nitrogens is 2. The molecule has 1 N–H and O–H groups in total. The van der Waals surface area contributed by atoms with Gasteiger partial charge in [-0.2, -0.15) is 0 Å². The number of nitrogens with one attached hydrogen (secondary N) is 1. The lowest BCUT2D eigenvalue weighted by molar-refractivity contribution is 0.0126. The molecule has 0 aliphatic carbocycles. The lowest BCUT2D eigenvalue weighted by atomic mass is 10.0. The smallest absolute Gasteiger partial charge is 0.0721 e. The molecule has 4 nitrogen and oxygen atoms in total. The fraction of sp³-hybridized carbons (Fsp3) is 0.500. The van der Waals surface area contributed by atoms with Crippen LogP contribution in [0.5, 0.6) is 0 Å². The molecular weight excluding hydrogens is 334 g/mol. The number of hydrogen-bond donors (Lipinski definition) is 1. The Morgan fingerprint density at radius 2 is 1.76 bits per heavy atom. The summed E-state index contributed by atoms with van der Waals surface area (Å²) < 4.78 is 5.93. The maximum Gasteiger partial charge on any atom is 0.0721 e. The highest BCUT2D eigenvalue weighted by atomic mass is 35.5. The lowest BCUT2D eigenvalue weighted by Gasteiger charge is -2.28. The molecule has 3 heterocycles. The first-order chi connectivity index (χ1) is 12.1. The number of nitrogens with zero attached hydrogens (tertiary/aromatic N) is 2. The number of aryl methyl sites for hydroxylation is 2. The Morgan fingerprint density at radius 1 is 1.12 bits per heavy atom. The van der Waals surface area contributed by atoms with Gasteiger partial charge in [-0.25, -0.2) is 0 Å². The molecule has 2 atom stereocenters. The van der Waals surface area contributed by atoms with E-state index in [2.05, 4.69) is 28.3 Å². The first-order valence-corrected chi connectivity index (χ1v) is 9.34. The molecule has 1 saturated heterocycles. The van der Waals surface area contributed by atoms with Gasteiger partial charge in [-0.05, 0) is 75.5 Å². The molecule has 0 spiro atoms. The third kappa shape index (κ3) is 7.51. The van der Waals surface area contributed by atoms with Gasteiger partial charge in [-0.15, -0.1) is 11.6 Å². The van der Waals surface area contributed by atoms with Gasteiger partial charge in [0, 0.05) is 35.7 Å². The maximum atomic E-state index is 5.93. The molecule has 2 aromatic heterocycles. The summed E-state index contributed by atoms with van der Waals surface area (Å²) in [7, 11) is 0. The van der Waals surface area contributed by atoms with Crippen LogP contribution in [0.3, 0.4) is 0 Å². The Labute approximate surface area is 156 Å². The van der Waals surface area contributed by atoms with Crippen molar-refractivity contribution in [3.8, 4) is 0 Å². The normalized spacial score (nSPS) is 19.8. The van der Waals surface area contributed by atoms with E-state index in [-0.39, 0.29) is 0 Å². The third-order valence-corrected chi connectivity index (χ3v) is 4.45. The van der Waals surface area contributed by atoms with Crippen molar-refractivity contribution in [3.63, 3.8) is 0 Å². The zero-order chi connectivity index (χ0) is 18.1. The zero-order valence-corrected chi connectivity index (χ0v) is 16.1. The van der Waals surface area contributed by atoms with Gasteiger partial charge >= 0.3 is 0 Å². The summed E-state index contributed by atoms with van der Waals surface area (Å²) in [6.07, 6.45) is 6.26. The highest BCUT2D eigenvalue weighted by molar-refractivity contribution is 6.17. The highest BCUT2D eigenvalue weighted by Crippen LogP contribution is 2.14. The summed E-state index contributed by atoms with van der Waals surface area (Å²) in [6, 6.07) is 8.59. The third-order valence-electron chi connectivity index (χ3n) is 4.14. The molecule has 2 unspecified atom stereocenters. The predicted octanol–water partition coefficient (Wildman–Crippen LogP) is 4.18. The fourth-order valence-electron chi connectivity index (χ4n) is 2.83. The Kier molecular flexibility index (Phi) is 8.32. The van der Waals surface area contributed by atoms with Crippen LogP contribution >= 0.6 is 11.6 Å². The van der Waals surface area contributed by atoms with Crippen LogP contribution in [0, 0.1) is 13.8 Å². The summed E-state index contributed by atoms with van der Waals surface area (Å²) in [6.45, 7) is 7.96. The summed E-state index contributed by atoms with van der Waals surface area (Å²) in [5, 5.41) is 3.43. The van der Waals surface area contributed by atoms with Gasteiger partial charge in [0.05, 0.1) is 12.7 Å². The van der Waals surface area contributed by atoms with E-state index in [0.29, 0.717) is 24.6 Å². The Morgan fingerprint density at radius 3 is 2.32 bits per heavy atom. The van der Waals surface area contributed by atoms with Crippen LogP contribution in [0.4, 0.5) is 0 Å². The van der Waals surface area contributed by atoms with Crippen LogP contribution in [0.2, 0.25) is 0 Å². The van der Waals surface area contributed by atoms with Gasteiger partial charge in [-0.1, -0.05) is 0 Å². The summed E-state index contributed by atoms with van der Waals surface area (Å²) >= 11 is 5.57. The van der Waals surface area contributed by atoms with Crippen LogP contribution in [0.1, 0.15) is 42.3 Å². The maximum absolute atomic E-state index is 5.93. The first kappa shape index (κ1) is 19.8. The minimum Gasteiger partial charge on any atom is -0.373 e. The first-order valence-electron chi connectivity index (χ1n) is 8.81. The number of pyridine rings is 2. The lowest BCUT2D eigenvalue weighted by Crippen LogP contribution is -2.39. The van der Waals surface area contributed by atoms with Gasteiger partial charge in [0.2, 0.25) is 0 Å². The topological polar surface area (TPSA) is 47.0 Å². The number of ether oxygens (including phenoxy) is 1. The molecular formula is C20H28ClN3O. The molecule has 0 radical (unpaired) electrons. The van der Waals surface area contributed by atoms with Crippen LogP contribution in [-0.2, 0) is 17.2 Å². The van der Waals surface area contributed by atoms with E-state index in [9.17, 15) is 0 Å². The highest BCUT2D eigenvalue weighted by Gasteiger charge is 2.18. The molecule has 2 aromatic rings. The van der Waals surface area contributed by atoms with E-state index in [4.69, 9.17) is 16.3 Å². The average molecular weight is 362 g/mol.